The number of rotatable bonds is 4. The second kappa shape index (κ2) is 7.35. The molecule has 3 fully saturated rings. The molecule has 0 amide bonds. The van der Waals surface area contributed by atoms with Gasteiger partial charge < -0.3 is 15.1 Å². The van der Waals surface area contributed by atoms with Crippen LogP contribution in [0.4, 0.5) is 0 Å². The third kappa shape index (κ3) is 3.16. The van der Waals surface area contributed by atoms with E-state index in [1.165, 1.54) is 25.7 Å². The van der Waals surface area contributed by atoms with E-state index < -0.39 is 12.2 Å². The molecule has 0 unspecified atom stereocenters. The fourth-order valence-corrected chi connectivity index (χ4v) is 6.90. The first-order valence-electron chi connectivity index (χ1n) is 10.7. The van der Waals surface area contributed by atoms with Crippen LogP contribution >= 0.6 is 11.6 Å². The van der Waals surface area contributed by atoms with Gasteiger partial charge in [0.25, 0.3) is 0 Å². The molecule has 0 spiro atoms. The van der Waals surface area contributed by atoms with Crippen molar-refractivity contribution in [2.24, 2.45) is 33.7 Å². The molecule has 27 heavy (non-hydrogen) atoms. The van der Waals surface area contributed by atoms with Gasteiger partial charge in [0.2, 0.25) is 0 Å². The van der Waals surface area contributed by atoms with Crippen molar-refractivity contribution in [2.45, 2.75) is 77.4 Å². The summed E-state index contributed by atoms with van der Waals surface area (Å²) < 4.78 is 0. The van der Waals surface area contributed by atoms with Crippen molar-refractivity contribution in [3.05, 3.63) is 11.6 Å². The van der Waals surface area contributed by atoms with Crippen LogP contribution in [0.15, 0.2) is 16.8 Å². The highest BCUT2D eigenvalue weighted by atomic mass is 35.5. The second-order valence-corrected chi connectivity index (χ2v) is 10.2. The van der Waals surface area contributed by atoms with E-state index in [0.29, 0.717) is 48.5 Å². The summed E-state index contributed by atoms with van der Waals surface area (Å²) in [6, 6.07) is 0. The van der Waals surface area contributed by atoms with Crippen LogP contribution in [0, 0.1) is 28.6 Å². The molecule has 0 aliphatic heterocycles. The van der Waals surface area contributed by atoms with Gasteiger partial charge in [0.1, 0.15) is 6.61 Å². The number of halogens is 1. The molecule has 0 bridgehead atoms. The van der Waals surface area contributed by atoms with Gasteiger partial charge in [-0.25, -0.2) is 0 Å². The summed E-state index contributed by atoms with van der Waals surface area (Å²) in [6.45, 7) is 5.23. The lowest BCUT2D eigenvalue weighted by molar-refractivity contribution is -0.0823. The van der Waals surface area contributed by atoms with E-state index in [0.717, 1.165) is 24.1 Å². The predicted octanol–water partition coefficient (Wildman–Crippen LogP) is 4.28. The molecule has 0 heterocycles. The number of fused-ring (bicyclic) bond motifs is 5. The van der Waals surface area contributed by atoms with Crippen molar-refractivity contribution >= 4 is 17.3 Å². The molecule has 4 aliphatic rings. The normalized spacial score (nSPS) is 47.8. The van der Waals surface area contributed by atoms with E-state index in [1.54, 1.807) is 0 Å². The molecule has 5 heteroatoms. The van der Waals surface area contributed by atoms with Gasteiger partial charge >= 0.3 is 0 Å². The summed E-state index contributed by atoms with van der Waals surface area (Å²) >= 11 is 5.77. The number of aliphatic hydroxyl groups is 2. The summed E-state index contributed by atoms with van der Waals surface area (Å²) in [5.41, 5.74) is 2.35. The van der Waals surface area contributed by atoms with Crippen LogP contribution in [0.25, 0.3) is 0 Å². The molecule has 7 atom stereocenters. The Bertz CT molecular complexity index is 635. The first-order valence-corrected chi connectivity index (χ1v) is 11.3. The van der Waals surface area contributed by atoms with Crippen LogP contribution < -0.4 is 0 Å². The first-order chi connectivity index (χ1) is 12.9. The first kappa shape index (κ1) is 19.7. The largest absolute Gasteiger partial charge is 0.396 e. The minimum absolute atomic E-state index is 0.247. The summed E-state index contributed by atoms with van der Waals surface area (Å²) in [5, 5.41) is 25.9. The molecule has 0 aromatic heterocycles. The molecular formula is C22H34ClNO3. The number of hydrogen-bond acceptors (Lipinski definition) is 4. The van der Waals surface area contributed by atoms with Crippen LogP contribution in [0.3, 0.4) is 0 Å². The zero-order valence-electron chi connectivity index (χ0n) is 16.7. The zero-order chi connectivity index (χ0) is 19.2. The van der Waals surface area contributed by atoms with Crippen molar-refractivity contribution in [1.29, 1.82) is 0 Å². The summed E-state index contributed by atoms with van der Waals surface area (Å²) in [5.74, 6) is 1.92. The fraction of sp³-hybridized carbons (Fsp3) is 0.864. The van der Waals surface area contributed by atoms with Gasteiger partial charge in [-0.15, -0.1) is 11.6 Å². The molecule has 3 saturated carbocycles. The Hall–Kier alpha value is -0.580. The van der Waals surface area contributed by atoms with Crippen molar-refractivity contribution < 1.29 is 15.1 Å². The molecule has 4 aliphatic carbocycles. The van der Waals surface area contributed by atoms with Crippen LogP contribution in [-0.2, 0) is 4.84 Å². The van der Waals surface area contributed by atoms with E-state index >= 15 is 0 Å². The third-order valence-electron chi connectivity index (χ3n) is 8.36. The van der Waals surface area contributed by atoms with Crippen LogP contribution in [0.1, 0.15) is 65.2 Å². The molecule has 2 N–H and O–H groups in total. The minimum atomic E-state index is -0.482. The van der Waals surface area contributed by atoms with Crippen molar-refractivity contribution in [1.82, 2.24) is 0 Å². The van der Waals surface area contributed by atoms with Gasteiger partial charge in [-0.3, -0.25) is 0 Å². The predicted molar refractivity (Wildman–Crippen MR) is 108 cm³/mol. The lowest BCUT2D eigenvalue weighted by Gasteiger charge is -2.58. The Morgan fingerprint density at radius 1 is 1.22 bits per heavy atom. The van der Waals surface area contributed by atoms with E-state index in [4.69, 9.17) is 16.4 Å². The van der Waals surface area contributed by atoms with Crippen LogP contribution in [-0.4, -0.2) is 40.6 Å². The average Bonchev–Trinajstić information content (AvgIpc) is 3.02. The van der Waals surface area contributed by atoms with E-state index in [9.17, 15) is 10.2 Å². The Morgan fingerprint density at radius 3 is 2.81 bits per heavy atom. The lowest BCUT2D eigenvalue weighted by atomic mass is 9.47. The number of hydrogen-bond donors (Lipinski definition) is 2. The Balaban J connectivity index is 1.74. The molecule has 0 saturated heterocycles. The second-order valence-electron chi connectivity index (χ2n) is 9.78. The molecule has 0 aromatic rings. The lowest BCUT2D eigenvalue weighted by Crippen LogP contribution is -2.57. The maximum atomic E-state index is 11.0. The molecule has 152 valence electrons. The monoisotopic (exact) mass is 395 g/mol. The highest BCUT2D eigenvalue weighted by Crippen LogP contribution is 2.64. The zero-order valence-corrected chi connectivity index (χ0v) is 17.4. The van der Waals surface area contributed by atoms with E-state index in [2.05, 4.69) is 25.1 Å². The summed E-state index contributed by atoms with van der Waals surface area (Å²) in [4.78, 5) is 5.64. The van der Waals surface area contributed by atoms with Gasteiger partial charge in [-0.1, -0.05) is 31.0 Å². The molecule has 0 aromatic carbocycles. The quantitative estimate of drug-likeness (QED) is 0.424. The molecule has 4 nitrogen and oxygen atoms in total. The highest BCUT2D eigenvalue weighted by molar-refractivity contribution is 6.17. The summed E-state index contributed by atoms with van der Waals surface area (Å²) in [6.07, 6.45) is 9.33. The van der Waals surface area contributed by atoms with E-state index in [-0.39, 0.29) is 5.41 Å². The van der Waals surface area contributed by atoms with Crippen LogP contribution in [0.2, 0.25) is 0 Å². The number of aliphatic hydroxyl groups excluding tert-OH is 2. The molecular weight excluding hydrogens is 362 g/mol. The Labute approximate surface area is 168 Å². The van der Waals surface area contributed by atoms with Gasteiger partial charge in [0.05, 0.1) is 17.9 Å². The maximum Gasteiger partial charge on any atom is 0.118 e. The molecule has 0 radical (unpaired) electrons. The SMILES string of the molecule is C[C@@]12CCC[C@H]1[C@@H]1C(=NOCCCCl)C=C3C[C@@H](O)C[C@@H](O)[C@]3(C)[C@H]1CC2. The van der Waals surface area contributed by atoms with Gasteiger partial charge in [0.15, 0.2) is 0 Å². The average molecular weight is 396 g/mol. The van der Waals surface area contributed by atoms with Gasteiger partial charge in [0, 0.05) is 23.6 Å². The fourth-order valence-electron chi connectivity index (χ4n) is 6.79. The Morgan fingerprint density at radius 2 is 2.04 bits per heavy atom. The number of nitrogens with zero attached hydrogens (tertiary/aromatic N) is 1. The van der Waals surface area contributed by atoms with Gasteiger partial charge in [-0.2, -0.15) is 0 Å². The Kier molecular flexibility index (Phi) is 5.37. The number of allylic oxidation sites excluding steroid dienone is 1. The highest BCUT2D eigenvalue weighted by Gasteiger charge is 2.60. The number of alkyl halides is 1. The standard InChI is InChI=1S/C22H34ClNO3/c1-21-7-3-5-16(21)20-17(6-8-21)22(2)14(11-15(25)13-19(22)26)12-18(20)24-27-10-4-9-23/h12,15-17,19-20,25-26H,3-11,13H2,1-2H3/t15-,16+,17+,19-,20+,21+,22+/m1/s1. The molecule has 4 rings (SSSR count). The van der Waals surface area contributed by atoms with Crippen molar-refractivity contribution in [3.63, 3.8) is 0 Å². The number of oxime groups is 1. The van der Waals surface area contributed by atoms with Crippen molar-refractivity contribution in [2.75, 3.05) is 12.5 Å². The smallest absolute Gasteiger partial charge is 0.118 e. The maximum absolute atomic E-state index is 11.0. The van der Waals surface area contributed by atoms with Crippen molar-refractivity contribution in [3.8, 4) is 0 Å². The van der Waals surface area contributed by atoms with E-state index in [1.807, 2.05) is 0 Å². The summed E-state index contributed by atoms with van der Waals surface area (Å²) in [7, 11) is 0. The third-order valence-corrected chi connectivity index (χ3v) is 8.63. The van der Waals surface area contributed by atoms with Crippen LogP contribution in [0.5, 0.6) is 0 Å². The van der Waals surface area contributed by atoms with Gasteiger partial charge in [-0.05, 0) is 61.9 Å². The topological polar surface area (TPSA) is 62.0 Å². The minimum Gasteiger partial charge on any atom is -0.396 e.